The number of methoxy groups -OCH3 is 1. The number of aromatic nitrogens is 2. The number of hydrogen-bond donors (Lipinski definition) is 2. The predicted molar refractivity (Wildman–Crippen MR) is 75.9 cm³/mol. The summed E-state index contributed by atoms with van der Waals surface area (Å²) in [6.45, 7) is 0. The molecule has 0 radical (unpaired) electrons. The van der Waals surface area contributed by atoms with E-state index in [-0.39, 0.29) is 6.04 Å². The molecule has 2 aromatic rings. The summed E-state index contributed by atoms with van der Waals surface area (Å²) in [5, 5.41) is 0. The molecule has 1 aliphatic rings. The van der Waals surface area contributed by atoms with Crippen molar-refractivity contribution in [3.05, 3.63) is 54.0 Å². The van der Waals surface area contributed by atoms with Gasteiger partial charge >= 0.3 is 0 Å². The molecule has 1 aliphatic carbocycles. The lowest BCUT2D eigenvalue weighted by molar-refractivity contribution is 0.392. The summed E-state index contributed by atoms with van der Waals surface area (Å²) in [4.78, 5) is 8.34. The van der Waals surface area contributed by atoms with Crippen LogP contribution in [0.3, 0.4) is 0 Å². The summed E-state index contributed by atoms with van der Waals surface area (Å²) in [6, 6.07) is 12.4. The molecule has 3 rings (SSSR count). The molecule has 0 amide bonds. The van der Waals surface area contributed by atoms with Gasteiger partial charge in [-0.05, 0) is 23.8 Å². The third-order valence-electron chi connectivity index (χ3n) is 3.87. The van der Waals surface area contributed by atoms with E-state index >= 15 is 0 Å². The summed E-state index contributed by atoms with van der Waals surface area (Å²) in [7, 11) is 1.60. The third-order valence-corrected chi connectivity index (χ3v) is 3.87. The van der Waals surface area contributed by atoms with Crippen LogP contribution >= 0.6 is 0 Å². The van der Waals surface area contributed by atoms with Gasteiger partial charge in [-0.2, -0.15) is 0 Å². The third kappa shape index (κ3) is 2.50. The minimum Gasteiger partial charge on any atom is -0.481 e. The first-order valence-corrected chi connectivity index (χ1v) is 6.70. The Morgan fingerprint density at radius 2 is 2.10 bits per heavy atom. The van der Waals surface area contributed by atoms with Crippen molar-refractivity contribution in [3.8, 4) is 5.88 Å². The van der Waals surface area contributed by atoms with E-state index in [1.807, 2.05) is 12.1 Å². The molecular weight excluding hydrogens is 252 g/mol. The zero-order valence-corrected chi connectivity index (χ0v) is 11.4. The first-order chi connectivity index (χ1) is 9.83. The van der Waals surface area contributed by atoms with Gasteiger partial charge in [0.15, 0.2) is 0 Å². The van der Waals surface area contributed by atoms with Crippen LogP contribution < -0.4 is 16.0 Å². The van der Waals surface area contributed by atoms with Gasteiger partial charge in [-0.3, -0.25) is 11.3 Å². The molecule has 20 heavy (non-hydrogen) atoms. The summed E-state index contributed by atoms with van der Waals surface area (Å²) in [5.74, 6) is 7.29. The van der Waals surface area contributed by atoms with Crippen LogP contribution in [0.1, 0.15) is 29.6 Å². The zero-order valence-electron chi connectivity index (χ0n) is 11.4. The Hall–Kier alpha value is -1.98. The fourth-order valence-corrected chi connectivity index (χ4v) is 2.73. The van der Waals surface area contributed by atoms with Crippen LogP contribution in [-0.4, -0.2) is 17.1 Å². The number of ether oxygens (including phenoxy) is 1. The molecule has 0 aliphatic heterocycles. The summed E-state index contributed by atoms with van der Waals surface area (Å²) < 4.78 is 5.14. The van der Waals surface area contributed by atoms with Crippen molar-refractivity contribution in [2.24, 2.45) is 11.8 Å². The molecule has 1 aromatic heterocycles. The molecule has 1 heterocycles. The van der Waals surface area contributed by atoms with E-state index in [9.17, 15) is 0 Å². The number of benzene rings is 1. The quantitative estimate of drug-likeness (QED) is 0.640. The van der Waals surface area contributed by atoms with Gasteiger partial charge in [0.2, 0.25) is 5.88 Å². The van der Waals surface area contributed by atoms with Crippen LogP contribution in [0, 0.1) is 5.92 Å². The van der Waals surface area contributed by atoms with Gasteiger partial charge in [-0.25, -0.2) is 9.97 Å². The largest absolute Gasteiger partial charge is 0.481 e. The minimum absolute atomic E-state index is 0.0251. The summed E-state index contributed by atoms with van der Waals surface area (Å²) >= 11 is 0. The smallest absolute Gasteiger partial charge is 0.216 e. The van der Waals surface area contributed by atoms with Crippen molar-refractivity contribution < 1.29 is 4.74 Å². The Morgan fingerprint density at radius 1 is 1.30 bits per heavy atom. The Bertz CT molecular complexity index is 575. The van der Waals surface area contributed by atoms with E-state index in [1.54, 1.807) is 7.11 Å². The Morgan fingerprint density at radius 3 is 2.80 bits per heavy atom. The van der Waals surface area contributed by atoms with Gasteiger partial charge in [-0.15, -0.1) is 0 Å². The van der Waals surface area contributed by atoms with Crippen LogP contribution in [0.4, 0.5) is 0 Å². The monoisotopic (exact) mass is 270 g/mol. The first kappa shape index (κ1) is 13.0. The second kappa shape index (κ2) is 5.56. The normalized spacial score (nSPS) is 22.3. The fraction of sp³-hybridized carbons (Fsp3) is 0.333. The molecular formula is C15H18N4O. The maximum atomic E-state index is 5.73. The maximum absolute atomic E-state index is 5.73. The van der Waals surface area contributed by atoms with Crippen molar-refractivity contribution >= 4 is 0 Å². The van der Waals surface area contributed by atoms with Gasteiger partial charge in [0.1, 0.15) is 6.33 Å². The molecule has 1 aromatic carbocycles. The highest BCUT2D eigenvalue weighted by Crippen LogP contribution is 2.53. The van der Waals surface area contributed by atoms with Crippen molar-refractivity contribution in [1.29, 1.82) is 0 Å². The van der Waals surface area contributed by atoms with Gasteiger partial charge in [0, 0.05) is 6.07 Å². The van der Waals surface area contributed by atoms with Crippen LogP contribution in [0.15, 0.2) is 42.7 Å². The topological polar surface area (TPSA) is 73.1 Å². The summed E-state index contributed by atoms with van der Waals surface area (Å²) in [6.07, 6.45) is 2.63. The molecule has 5 heteroatoms. The molecule has 0 spiro atoms. The Labute approximate surface area is 118 Å². The number of nitrogens with two attached hydrogens (primary N) is 1. The van der Waals surface area contributed by atoms with Crippen LogP contribution in [0.25, 0.3) is 0 Å². The molecule has 1 fully saturated rings. The van der Waals surface area contributed by atoms with E-state index in [2.05, 4.69) is 39.7 Å². The van der Waals surface area contributed by atoms with E-state index < -0.39 is 0 Å². The number of rotatable bonds is 5. The first-order valence-electron chi connectivity index (χ1n) is 6.70. The lowest BCUT2D eigenvalue weighted by Gasteiger charge is -2.15. The van der Waals surface area contributed by atoms with Gasteiger partial charge in [0.05, 0.1) is 18.8 Å². The Kier molecular flexibility index (Phi) is 3.62. The van der Waals surface area contributed by atoms with E-state index in [0.29, 0.717) is 17.7 Å². The van der Waals surface area contributed by atoms with E-state index in [1.165, 1.54) is 11.9 Å². The molecule has 0 bridgehead atoms. The van der Waals surface area contributed by atoms with Crippen molar-refractivity contribution in [2.75, 3.05) is 7.11 Å². The van der Waals surface area contributed by atoms with Gasteiger partial charge in [-0.1, -0.05) is 30.3 Å². The zero-order chi connectivity index (χ0) is 13.9. The van der Waals surface area contributed by atoms with Crippen LogP contribution in [-0.2, 0) is 0 Å². The molecule has 1 saturated carbocycles. The van der Waals surface area contributed by atoms with Crippen molar-refractivity contribution in [2.45, 2.75) is 18.4 Å². The lowest BCUT2D eigenvalue weighted by Crippen LogP contribution is -2.30. The SMILES string of the molecule is COc1cc(C(NN)C2CC2c2ccccc2)ncn1. The van der Waals surface area contributed by atoms with E-state index in [0.717, 1.165) is 12.1 Å². The molecule has 0 saturated heterocycles. The van der Waals surface area contributed by atoms with Crippen molar-refractivity contribution in [3.63, 3.8) is 0 Å². The predicted octanol–water partition coefficient (Wildman–Crippen LogP) is 1.79. The van der Waals surface area contributed by atoms with Crippen LogP contribution in [0.5, 0.6) is 5.88 Å². The van der Waals surface area contributed by atoms with Crippen molar-refractivity contribution in [1.82, 2.24) is 15.4 Å². The Balaban J connectivity index is 1.78. The fourth-order valence-electron chi connectivity index (χ4n) is 2.73. The molecule has 5 nitrogen and oxygen atoms in total. The minimum atomic E-state index is 0.0251. The second-order valence-electron chi connectivity index (χ2n) is 5.05. The highest BCUT2D eigenvalue weighted by Gasteiger charge is 2.44. The number of hydrogen-bond acceptors (Lipinski definition) is 5. The lowest BCUT2D eigenvalue weighted by atomic mass is 10.0. The van der Waals surface area contributed by atoms with Gasteiger partial charge in [0.25, 0.3) is 0 Å². The number of nitrogens with one attached hydrogen (secondary N) is 1. The average Bonchev–Trinajstić information content (AvgIpc) is 3.30. The van der Waals surface area contributed by atoms with Crippen LogP contribution in [0.2, 0.25) is 0 Å². The van der Waals surface area contributed by atoms with E-state index in [4.69, 9.17) is 10.6 Å². The molecule has 104 valence electrons. The maximum Gasteiger partial charge on any atom is 0.216 e. The number of hydrazine groups is 1. The molecule has 3 unspecified atom stereocenters. The molecule has 3 N–H and O–H groups in total. The summed E-state index contributed by atoms with van der Waals surface area (Å²) in [5.41, 5.74) is 5.12. The highest BCUT2D eigenvalue weighted by molar-refractivity contribution is 5.29. The second-order valence-corrected chi connectivity index (χ2v) is 5.05. The average molecular weight is 270 g/mol. The standard InChI is InChI=1S/C15H18N4O/c1-20-14-8-13(17-9-18-14)15(19-16)12-7-11(12)10-5-3-2-4-6-10/h2-6,8-9,11-12,15,19H,7,16H2,1H3. The van der Waals surface area contributed by atoms with Gasteiger partial charge < -0.3 is 4.74 Å². The number of nitrogens with zero attached hydrogens (tertiary/aromatic N) is 2. The highest BCUT2D eigenvalue weighted by atomic mass is 16.5. The molecule has 3 atom stereocenters.